The predicted molar refractivity (Wildman–Crippen MR) is 103 cm³/mol. The molecule has 7 heteroatoms. The fourth-order valence-corrected chi connectivity index (χ4v) is 3.47. The van der Waals surface area contributed by atoms with Gasteiger partial charge < -0.3 is 20.3 Å². The molecule has 27 heavy (non-hydrogen) atoms. The third-order valence-electron chi connectivity index (χ3n) is 5.33. The number of aryl methyl sites for hydroxylation is 1. The van der Waals surface area contributed by atoms with Crippen molar-refractivity contribution < 1.29 is 13.9 Å². The average Bonchev–Trinajstić information content (AvgIpc) is 2.61. The molecule has 1 saturated carbocycles. The van der Waals surface area contributed by atoms with Crippen LogP contribution in [-0.4, -0.2) is 36.1 Å². The summed E-state index contributed by atoms with van der Waals surface area (Å²) in [6.45, 7) is 3.78. The van der Waals surface area contributed by atoms with E-state index in [-0.39, 0.29) is 29.9 Å². The lowest BCUT2D eigenvalue weighted by molar-refractivity contribution is -0.117. The molecule has 0 bridgehead atoms. The van der Waals surface area contributed by atoms with E-state index in [1.54, 1.807) is 12.1 Å². The van der Waals surface area contributed by atoms with Crippen LogP contribution in [0, 0.1) is 12.7 Å². The number of pyridine rings is 1. The first kappa shape index (κ1) is 17.6. The zero-order valence-electron chi connectivity index (χ0n) is 15.6. The predicted octanol–water partition coefficient (Wildman–Crippen LogP) is 3.33. The number of hydrogen-bond donors (Lipinski definition) is 2. The van der Waals surface area contributed by atoms with E-state index < -0.39 is 0 Å². The van der Waals surface area contributed by atoms with Crippen LogP contribution in [-0.2, 0) is 4.79 Å². The van der Waals surface area contributed by atoms with Gasteiger partial charge in [-0.25, -0.2) is 9.37 Å². The number of aromatic nitrogens is 1. The van der Waals surface area contributed by atoms with Crippen LogP contribution >= 0.6 is 0 Å². The van der Waals surface area contributed by atoms with E-state index in [9.17, 15) is 9.18 Å². The minimum atomic E-state index is -0.264. The summed E-state index contributed by atoms with van der Waals surface area (Å²) in [5, 5.41) is 6.39. The molecular weight excluding hydrogens is 347 g/mol. The zero-order valence-corrected chi connectivity index (χ0v) is 15.6. The number of nitrogens with one attached hydrogen (secondary N) is 2. The summed E-state index contributed by atoms with van der Waals surface area (Å²) in [4.78, 5) is 18.6. The van der Waals surface area contributed by atoms with E-state index in [0.29, 0.717) is 5.75 Å². The van der Waals surface area contributed by atoms with E-state index in [0.717, 1.165) is 35.7 Å². The molecule has 1 fully saturated rings. The number of carbonyl (C=O) groups is 1. The molecule has 4 rings (SSSR count). The monoisotopic (exact) mass is 370 g/mol. The second-order valence-corrected chi connectivity index (χ2v) is 7.27. The number of carbonyl (C=O) groups excluding carboxylic acids is 1. The highest BCUT2D eigenvalue weighted by atomic mass is 19.1. The molecule has 6 nitrogen and oxygen atoms in total. The second kappa shape index (κ2) is 6.72. The molecule has 0 spiro atoms. The summed E-state index contributed by atoms with van der Waals surface area (Å²) in [7, 11) is 1.92. The Labute approximate surface area is 157 Å². The van der Waals surface area contributed by atoms with Crippen LogP contribution in [0.5, 0.6) is 5.75 Å². The third-order valence-corrected chi connectivity index (χ3v) is 5.33. The SMILES string of the molecule is Cc1nc(N[C@H]2C[C@H](Oc3ccc(F)cc3)C2)cc2c1NC(=O)[C@H](C)N2C. The Hall–Kier alpha value is -2.83. The molecule has 1 atom stereocenters. The van der Waals surface area contributed by atoms with Crippen LogP contribution in [0.2, 0.25) is 0 Å². The molecule has 1 aliphatic heterocycles. The number of fused-ring (bicyclic) bond motifs is 1. The second-order valence-electron chi connectivity index (χ2n) is 7.27. The van der Waals surface area contributed by atoms with E-state index >= 15 is 0 Å². The molecular formula is C20H23FN4O2. The van der Waals surface area contributed by atoms with Gasteiger partial charge in [0, 0.05) is 32.0 Å². The number of benzene rings is 1. The summed E-state index contributed by atoms with van der Waals surface area (Å²) in [6.07, 6.45) is 1.84. The van der Waals surface area contributed by atoms with Crippen molar-refractivity contribution in [2.75, 3.05) is 22.6 Å². The molecule has 2 N–H and O–H groups in total. The van der Waals surface area contributed by atoms with Gasteiger partial charge in [-0.2, -0.15) is 0 Å². The smallest absolute Gasteiger partial charge is 0.246 e. The first-order chi connectivity index (χ1) is 12.9. The molecule has 2 aliphatic rings. The van der Waals surface area contributed by atoms with Crippen LogP contribution in [0.1, 0.15) is 25.5 Å². The van der Waals surface area contributed by atoms with Crippen molar-refractivity contribution in [1.29, 1.82) is 0 Å². The first-order valence-electron chi connectivity index (χ1n) is 9.15. The lowest BCUT2D eigenvalue weighted by Crippen LogP contribution is -2.45. The lowest BCUT2D eigenvalue weighted by atomic mass is 9.89. The molecule has 0 unspecified atom stereocenters. The van der Waals surface area contributed by atoms with E-state index in [1.807, 2.05) is 31.9 Å². The van der Waals surface area contributed by atoms with Gasteiger partial charge in [-0.15, -0.1) is 0 Å². The Morgan fingerprint density at radius 2 is 2.00 bits per heavy atom. The van der Waals surface area contributed by atoms with Crippen molar-refractivity contribution in [3.63, 3.8) is 0 Å². The van der Waals surface area contributed by atoms with Crippen molar-refractivity contribution in [3.05, 3.63) is 41.8 Å². The lowest BCUT2D eigenvalue weighted by Gasteiger charge is -2.37. The normalized spacial score (nSPS) is 23.9. The van der Waals surface area contributed by atoms with Crippen molar-refractivity contribution in [2.45, 2.75) is 44.9 Å². The number of halogens is 1. The maximum atomic E-state index is 13.0. The number of likely N-dealkylation sites (N-methyl/N-ethyl adjacent to an activating group) is 1. The van der Waals surface area contributed by atoms with Gasteiger partial charge >= 0.3 is 0 Å². The first-order valence-corrected chi connectivity index (χ1v) is 9.15. The molecule has 1 aliphatic carbocycles. The van der Waals surface area contributed by atoms with Gasteiger partial charge in [-0.05, 0) is 38.1 Å². The highest BCUT2D eigenvalue weighted by Gasteiger charge is 2.33. The number of anilines is 3. The molecule has 1 aromatic carbocycles. The Balaban J connectivity index is 1.39. The molecule has 0 saturated heterocycles. The number of rotatable bonds is 4. The Bertz CT molecular complexity index is 865. The highest BCUT2D eigenvalue weighted by Crippen LogP contribution is 2.36. The van der Waals surface area contributed by atoms with Crippen molar-refractivity contribution in [2.24, 2.45) is 0 Å². The minimum Gasteiger partial charge on any atom is -0.490 e. The molecule has 0 radical (unpaired) electrons. The Morgan fingerprint density at radius 1 is 1.30 bits per heavy atom. The fraction of sp³-hybridized carbons (Fsp3) is 0.400. The number of hydrogen-bond acceptors (Lipinski definition) is 5. The average molecular weight is 370 g/mol. The zero-order chi connectivity index (χ0) is 19.1. The molecule has 2 heterocycles. The van der Waals surface area contributed by atoms with Gasteiger partial charge in [-0.1, -0.05) is 0 Å². The number of nitrogens with zero attached hydrogens (tertiary/aromatic N) is 2. The quantitative estimate of drug-likeness (QED) is 0.864. The minimum absolute atomic E-state index is 0.0182. The summed E-state index contributed by atoms with van der Waals surface area (Å²) in [5.74, 6) is 1.20. The summed E-state index contributed by atoms with van der Waals surface area (Å²) < 4.78 is 18.8. The maximum absolute atomic E-state index is 13.0. The maximum Gasteiger partial charge on any atom is 0.246 e. The molecule has 2 aromatic rings. The Morgan fingerprint density at radius 3 is 2.70 bits per heavy atom. The molecule has 1 amide bonds. The van der Waals surface area contributed by atoms with E-state index in [2.05, 4.69) is 15.6 Å². The van der Waals surface area contributed by atoms with Crippen LogP contribution in [0.4, 0.5) is 21.6 Å². The number of amides is 1. The largest absolute Gasteiger partial charge is 0.490 e. The van der Waals surface area contributed by atoms with Crippen LogP contribution in [0.15, 0.2) is 30.3 Å². The van der Waals surface area contributed by atoms with Gasteiger partial charge in [0.25, 0.3) is 0 Å². The summed E-state index contributed by atoms with van der Waals surface area (Å²) >= 11 is 0. The Kier molecular flexibility index (Phi) is 4.37. The van der Waals surface area contributed by atoms with Gasteiger partial charge in [0.15, 0.2) is 0 Å². The van der Waals surface area contributed by atoms with Crippen molar-refractivity contribution in [1.82, 2.24) is 4.98 Å². The van der Waals surface area contributed by atoms with Crippen molar-refractivity contribution >= 4 is 23.1 Å². The van der Waals surface area contributed by atoms with Gasteiger partial charge in [0.1, 0.15) is 29.5 Å². The fourth-order valence-electron chi connectivity index (χ4n) is 3.47. The number of ether oxygens (including phenoxy) is 1. The summed E-state index contributed by atoms with van der Waals surface area (Å²) in [5.41, 5.74) is 2.54. The van der Waals surface area contributed by atoms with Crippen molar-refractivity contribution in [3.8, 4) is 5.75 Å². The van der Waals surface area contributed by atoms with Gasteiger partial charge in [0.05, 0.1) is 17.1 Å². The highest BCUT2D eigenvalue weighted by molar-refractivity contribution is 6.04. The third kappa shape index (κ3) is 3.41. The van der Waals surface area contributed by atoms with Crippen LogP contribution in [0.3, 0.4) is 0 Å². The topological polar surface area (TPSA) is 66.5 Å². The molecule has 1 aromatic heterocycles. The summed E-state index contributed by atoms with van der Waals surface area (Å²) in [6, 6.07) is 8.14. The van der Waals surface area contributed by atoms with Gasteiger partial charge in [0.2, 0.25) is 5.91 Å². The molecule has 142 valence electrons. The van der Waals surface area contributed by atoms with E-state index in [1.165, 1.54) is 12.1 Å². The van der Waals surface area contributed by atoms with Gasteiger partial charge in [-0.3, -0.25) is 4.79 Å². The van der Waals surface area contributed by atoms with E-state index in [4.69, 9.17) is 4.74 Å². The standard InChI is InChI=1S/C20H23FN4O2/c1-11-19-17(25(3)12(2)20(26)24-19)10-18(22-11)23-14-8-16(9-14)27-15-6-4-13(21)5-7-15/h4-7,10,12,14,16H,8-9H2,1-3H3,(H,22,23)(H,24,26)/t12-,14-,16-/m0/s1. The van der Waals surface area contributed by atoms with Crippen LogP contribution < -0.4 is 20.3 Å². The van der Waals surface area contributed by atoms with Crippen LogP contribution in [0.25, 0.3) is 0 Å².